The van der Waals surface area contributed by atoms with Gasteiger partial charge in [-0.3, -0.25) is 0 Å². The van der Waals surface area contributed by atoms with Crippen molar-refractivity contribution in [1.82, 2.24) is 9.80 Å². The smallest absolute Gasteiger partial charge is 0.407 e. The van der Waals surface area contributed by atoms with Gasteiger partial charge in [-0.1, -0.05) is 24.3 Å². The Hall–Kier alpha value is -1.59. The molecule has 5 heteroatoms. The van der Waals surface area contributed by atoms with Crippen molar-refractivity contribution >= 4 is 6.09 Å². The predicted molar refractivity (Wildman–Crippen MR) is 117 cm³/mol. The number of likely N-dealkylation sites (tertiary alicyclic amines) is 2. The lowest BCUT2D eigenvalue weighted by molar-refractivity contribution is 0.00813. The highest BCUT2D eigenvalue weighted by molar-refractivity contribution is 5.66. The van der Waals surface area contributed by atoms with E-state index >= 15 is 0 Å². The third-order valence-electron chi connectivity index (χ3n) is 8.62. The van der Waals surface area contributed by atoms with Gasteiger partial charge < -0.3 is 20.0 Å². The molecule has 30 heavy (non-hydrogen) atoms. The molecule has 1 aromatic carbocycles. The van der Waals surface area contributed by atoms with Gasteiger partial charge in [0.1, 0.15) is 0 Å². The number of hydrogen-bond donors (Lipinski definition) is 2. The van der Waals surface area contributed by atoms with Crippen molar-refractivity contribution in [3.63, 3.8) is 0 Å². The van der Waals surface area contributed by atoms with Crippen LogP contribution in [0.15, 0.2) is 24.3 Å². The van der Waals surface area contributed by atoms with E-state index in [4.69, 9.17) is 5.11 Å². The van der Waals surface area contributed by atoms with Crippen LogP contribution in [0.1, 0.15) is 80.8 Å². The number of carboxylic acid groups (broad SMARTS) is 1. The molecular formula is C25H36N2O3. The Balaban J connectivity index is 1.18. The highest BCUT2D eigenvalue weighted by Crippen LogP contribution is 2.48. The lowest BCUT2D eigenvalue weighted by Crippen LogP contribution is -2.57. The summed E-state index contributed by atoms with van der Waals surface area (Å²) < 4.78 is 0. The Labute approximate surface area is 180 Å². The summed E-state index contributed by atoms with van der Waals surface area (Å²) in [4.78, 5) is 15.4. The number of nitrogens with zero attached hydrogens (tertiary/aromatic N) is 2. The molecule has 2 saturated carbocycles. The number of rotatable bonds is 3. The lowest BCUT2D eigenvalue weighted by atomic mass is 9.76. The number of benzene rings is 1. The summed E-state index contributed by atoms with van der Waals surface area (Å²) in [5.41, 5.74) is 3.39. The standard InChI is InChI=1S/C25H36N2O3/c28-21-7-5-18(6-8-21)22-3-1-2-4-23(22)19-10-13-26(14-11-19)20-9-12-25(15-20)16-27(17-25)24(29)30/h1-4,18-21,28H,5-17H2,(H,29,30)/t18?,20-,21?/m1/s1. The van der Waals surface area contributed by atoms with Crippen molar-refractivity contribution < 1.29 is 15.0 Å². The van der Waals surface area contributed by atoms with E-state index in [1.54, 1.807) is 16.0 Å². The summed E-state index contributed by atoms with van der Waals surface area (Å²) in [6.07, 6.45) is 9.36. The summed E-state index contributed by atoms with van der Waals surface area (Å²) >= 11 is 0. The molecule has 2 saturated heterocycles. The van der Waals surface area contributed by atoms with E-state index in [0.29, 0.717) is 17.9 Å². The first-order valence-corrected chi connectivity index (χ1v) is 12.0. The van der Waals surface area contributed by atoms with Gasteiger partial charge in [-0.25, -0.2) is 4.79 Å². The van der Waals surface area contributed by atoms with Crippen molar-refractivity contribution in [3.05, 3.63) is 35.4 Å². The van der Waals surface area contributed by atoms with Gasteiger partial charge in [0.15, 0.2) is 0 Å². The van der Waals surface area contributed by atoms with E-state index in [1.807, 2.05) is 0 Å². The van der Waals surface area contributed by atoms with Crippen LogP contribution in [0.25, 0.3) is 0 Å². The molecule has 1 aromatic rings. The van der Waals surface area contributed by atoms with Gasteiger partial charge in [0.2, 0.25) is 0 Å². The van der Waals surface area contributed by atoms with Gasteiger partial charge in [-0.2, -0.15) is 0 Å². The normalized spacial score (nSPS) is 32.3. The fraction of sp³-hybridized carbons (Fsp3) is 0.720. The van der Waals surface area contributed by atoms with E-state index in [0.717, 1.165) is 38.8 Å². The van der Waals surface area contributed by atoms with Gasteiger partial charge in [-0.15, -0.1) is 0 Å². The fourth-order valence-electron chi connectivity index (χ4n) is 6.89. The van der Waals surface area contributed by atoms with E-state index in [-0.39, 0.29) is 11.5 Å². The fourth-order valence-corrected chi connectivity index (χ4v) is 6.89. The maximum atomic E-state index is 11.1. The van der Waals surface area contributed by atoms with Crippen LogP contribution in [0.4, 0.5) is 4.79 Å². The number of aliphatic hydroxyl groups excluding tert-OH is 1. The Morgan fingerprint density at radius 1 is 0.900 bits per heavy atom. The van der Waals surface area contributed by atoms with Gasteiger partial charge in [0.25, 0.3) is 0 Å². The van der Waals surface area contributed by atoms with E-state index in [9.17, 15) is 9.90 Å². The van der Waals surface area contributed by atoms with Crippen LogP contribution in [0.3, 0.4) is 0 Å². The molecule has 2 heterocycles. The summed E-state index contributed by atoms with van der Waals surface area (Å²) in [5.74, 6) is 1.28. The summed E-state index contributed by atoms with van der Waals surface area (Å²) in [7, 11) is 0. The van der Waals surface area contributed by atoms with Crippen molar-refractivity contribution in [3.8, 4) is 0 Å². The summed E-state index contributed by atoms with van der Waals surface area (Å²) in [6, 6.07) is 9.75. The average Bonchev–Trinajstić information content (AvgIpc) is 3.19. The second-order valence-corrected chi connectivity index (χ2v) is 10.5. The zero-order valence-electron chi connectivity index (χ0n) is 18.0. The molecule has 2 aliphatic heterocycles. The molecule has 1 amide bonds. The second-order valence-electron chi connectivity index (χ2n) is 10.5. The van der Waals surface area contributed by atoms with Crippen LogP contribution < -0.4 is 0 Å². The molecule has 4 aliphatic rings. The number of hydrogen-bond acceptors (Lipinski definition) is 3. The first-order valence-electron chi connectivity index (χ1n) is 12.0. The number of aliphatic hydroxyl groups is 1. The monoisotopic (exact) mass is 412 g/mol. The highest BCUT2D eigenvalue weighted by Gasteiger charge is 2.51. The van der Waals surface area contributed by atoms with Gasteiger partial charge in [0.05, 0.1) is 6.10 Å². The van der Waals surface area contributed by atoms with Crippen LogP contribution in [0.5, 0.6) is 0 Å². The van der Waals surface area contributed by atoms with E-state index in [2.05, 4.69) is 29.2 Å². The minimum absolute atomic E-state index is 0.0930. The van der Waals surface area contributed by atoms with Crippen LogP contribution in [-0.2, 0) is 0 Å². The van der Waals surface area contributed by atoms with Crippen LogP contribution in [0.2, 0.25) is 0 Å². The minimum atomic E-state index is -0.754. The molecular weight excluding hydrogens is 376 g/mol. The zero-order valence-corrected chi connectivity index (χ0v) is 18.0. The molecule has 164 valence electrons. The molecule has 1 atom stereocenters. The Morgan fingerprint density at radius 3 is 2.10 bits per heavy atom. The van der Waals surface area contributed by atoms with Gasteiger partial charge >= 0.3 is 6.09 Å². The molecule has 2 N–H and O–H groups in total. The first kappa shape index (κ1) is 20.3. The van der Waals surface area contributed by atoms with Gasteiger partial charge in [-0.05, 0) is 93.8 Å². The molecule has 0 bridgehead atoms. The third kappa shape index (κ3) is 3.87. The number of amides is 1. The molecule has 5 nitrogen and oxygen atoms in total. The first-order chi connectivity index (χ1) is 14.5. The van der Waals surface area contributed by atoms with Crippen LogP contribution in [0, 0.1) is 5.41 Å². The van der Waals surface area contributed by atoms with Crippen molar-refractivity contribution in [1.29, 1.82) is 0 Å². The third-order valence-corrected chi connectivity index (χ3v) is 8.62. The molecule has 0 aromatic heterocycles. The summed E-state index contributed by atoms with van der Waals surface area (Å²) in [5, 5.41) is 19.0. The maximum absolute atomic E-state index is 11.1. The molecule has 0 unspecified atom stereocenters. The number of carbonyl (C=O) groups is 1. The number of piperidine rings is 1. The molecule has 1 spiro atoms. The molecule has 5 rings (SSSR count). The Kier molecular flexibility index (Phi) is 5.53. The molecule has 2 aliphatic carbocycles. The Morgan fingerprint density at radius 2 is 1.50 bits per heavy atom. The average molecular weight is 413 g/mol. The quantitative estimate of drug-likeness (QED) is 0.772. The van der Waals surface area contributed by atoms with Crippen molar-refractivity contribution in [2.24, 2.45) is 5.41 Å². The lowest BCUT2D eigenvalue weighted by Gasteiger charge is -2.47. The molecule has 0 radical (unpaired) electrons. The van der Waals surface area contributed by atoms with Crippen molar-refractivity contribution in [2.75, 3.05) is 26.2 Å². The highest BCUT2D eigenvalue weighted by atomic mass is 16.4. The zero-order chi connectivity index (χ0) is 20.7. The van der Waals surface area contributed by atoms with E-state index < -0.39 is 6.09 Å². The van der Waals surface area contributed by atoms with Crippen molar-refractivity contribution in [2.45, 2.75) is 81.8 Å². The Bertz CT molecular complexity index is 759. The second kappa shape index (κ2) is 8.16. The minimum Gasteiger partial charge on any atom is -0.465 e. The largest absolute Gasteiger partial charge is 0.465 e. The predicted octanol–water partition coefficient (Wildman–Crippen LogP) is 4.42. The maximum Gasteiger partial charge on any atom is 0.407 e. The van der Waals surface area contributed by atoms with Crippen LogP contribution >= 0.6 is 0 Å². The SMILES string of the molecule is O=C(O)N1CC2(CC[C@@H](N3CCC(c4ccccc4C4CCC(O)CC4)CC3)C2)C1. The van der Waals surface area contributed by atoms with Gasteiger partial charge in [0, 0.05) is 24.5 Å². The summed E-state index contributed by atoms with van der Waals surface area (Å²) in [6.45, 7) is 3.84. The topological polar surface area (TPSA) is 64.0 Å². The van der Waals surface area contributed by atoms with Crippen LogP contribution in [-0.4, -0.2) is 64.4 Å². The molecule has 4 fully saturated rings. The van der Waals surface area contributed by atoms with E-state index in [1.165, 1.54) is 45.2 Å².